The maximum absolute atomic E-state index is 14.1. The zero-order valence-corrected chi connectivity index (χ0v) is 24.5. The van der Waals surface area contributed by atoms with Crippen LogP contribution in [0.4, 0.5) is 5.95 Å². The van der Waals surface area contributed by atoms with Crippen molar-refractivity contribution in [2.24, 2.45) is 12.8 Å². The zero-order valence-electron chi connectivity index (χ0n) is 23.7. The molecule has 0 aliphatic carbocycles. The average Bonchev–Trinajstić information content (AvgIpc) is 3.56. The topological polar surface area (TPSA) is 122 Å². The molecule has 1 atom stereocenters. The molecule has 1 aliphatic rings. The SMILES string of the molecule is COC(=O)c1c2c(nn1Cc1ccc(OC)cc1)c1nc(N3CCC[C@@H](N)C3)n(Cc3ccccc3Cl)c1c(=O)n2C. The van der Waals surface area contributed by atoms with Gasteiger partial charge in [-0.3, -0.25) is 9.48 Å². The summed E-state index contributed by atoms with van der Waals surface area (Å²) in [5.74, 6) is 0.739. The highest BCUT2D eigenvalue weighted by molar-refractivity contribution is 6.31. The normalized spacial score (nSPS) is 15.5. The number of esters is 1. The van der Waals surface area contributed by atoms with Gasteiger partial charge in [-0.1, -0.05) is 41.9 Å². The summed E-state index contributed by atoms with van der Waals surface area (Å²) in [5.41, 5.74) is 9.54. The summed E-state index contributed by atoms with van der Waals surface area (Å²) in [6.45, 7) is 1.96. The van der Waals surface area contributed by atoms with Crippen LogP contribution in [0.15, 0.2) is 53.3 Å². The van der Waals surface area contributed by atoms with Crippen LogP contribution in [-0.4, -0.2) is 63.2 Å². The van der Waals surface area contributed by atoms with Gasteiger partial charge < -0.3 is 29.2 Å². The van der Waals surface area contributed by atoms with E-state index < -0.39 is 5.97 Å². The molecule has 12 heteroatoms. The molecular weight excluding hydrogens is 558 g/mol. The number of rotatable bonds is 7. The van der Waals surface area contributed by atoms with Crippen molar-refractivity contribution < 1.29 is 14.3 Å². The second-order valence-electron chi connectivity index (χ2n) is 10.5. The molecule has 1 saturated heterocycles. The maximum atomic E-state index is 14.1. The molecule has 0 unspecified atom stereocenters. The Kier molecular flexibility index (Phi) is 7.38. The maximum Gasteiger partial charge on any atom is 0.358 e. The summed E-state index contributed by atoms with van der Waals surface area (Å²) in [5, 5.41) is 5.46. The fourth-order valence-corrected chi connectivity index (χ4v) is 5.91. The molecule has 0 amide bonds. The van der Waals surface area contributed by atoms with E-state index in [9.17, 15) is 9.59 Å². The fourth-order valence-electron chi connectivity index (χ4n) is 5.71. The number of carbonyl (C=O) groups is 1. The second-order valence-corrected chi connectivity index (χ2v) is 10.9. The number of hydrogen-bond donors (Lipinski definition) is 1. The number of aryl methyl sites for hydroxylation is 1. The van der Waals surface area contributed by atoms with Gasteiger partial charge in [0.2, 0.25) is 5.95 Å². The van der Waals surface area contributed by atoms with Gasteiger partial charge in [-0.25, -0.2) is 9.78 Å². The minimum Gasteiger partial charge on any atom is -0.497 e. The van der Waals surface area contributed by atoms with E-state index in [2.05, 4.69) is 4.90 Å². The average molecular weight is 590 g/mol. The Hall–Kier alpha value is -4.35. The number of aromatic nitrogens is 5. The minimum absolute atomic E-state index is 0.00944. The second kappa shape index (κ2) is 11.1. The van der Waals surface area contributed by atoms with Crippen LogP contribution in [-0.2, 0) is 24.9 Å². The Morgan fingerprint density at radius 2 is 1.83 bits per heavy atom. The van der Waals surface area contributed by atoms with Crippen molar-refractivity contribution >= 4 is 45.6 Å². The first-order valence-corrected chi connectivity index (χ1v) is 14.1. The number of nitrogens with zero attached hydrogens (tertiary/aromatic N) is 6. The lowest BCUT2D eigenvalue weighted by Gasteiger charge is -2.32. The third-order valence-corrected chi connectivity index (χ3v) is 8.21. The smallest absolute Gasteiger partial charge is 0.358 e. The number of carbonyl (C=O) groups excluding carboxylic acids is 1. The van der Waals surface area contributed by atoms with Crippen LogP contribution in [0.1, 0.15) is 34.5 Å². The van der Waals surface area contributed by atoms with Crippen molar-refractivity contribution in [2.75, 3.05) is 32.2 Å². The first-order chi connectivity index (χ1) is 20.3. The predicted octanol–water partition coefficient (Wildman–Crippen LogP) is 3.56. The van der Waals surface area contributed by atoms with E-state index >= 15 is 0 Å². The Morgan fingerprint density at radius 1 is 1.07 bits per heavy atom. The molecule has 2 N–H and O–H groups in total. The molecule has 6 rings (SSSR count). The molecule has 11 nitrogen and oxygen atoms in total. The van der Waals surface area contributed by atoms with Gasteiger partial charge in [0.15, 0.2) is 5.69 Å². The van der Waals surface area contributed by atoms with Gasteiger partial charge in [0, 0.05) is 31.2 Å². The lowest BCUT2D eigenvalue weighted by molar-refractivity contribution is 0.0589. The molecule has 5 aromatic rings. The van der Waals surface area contributed by atoms with Gasteiger partial charge in [-0.05, 0) is 42.2 Å². The number of anilines is 1. The summed E-state index contributed by atoms with van der Waals surface area (Å²) in [6.07, 6.45) is 1.83. The number of nitrogens with two attached hydrogens (primary N) is 1. The highest BCUT2D eigenvalue weighted by atomic mass is 35.5. The molecule has 0 saturated carbocycles. The van der Waals surface area contributed by atoms with Gasteiger partial charge >= 0.3 is 5.97 Å². The molecule has 1 aliphatic heterocycles. The van der Waals surface area contributed by atoms with Gasteiger partial charge in [0.05, 0.1) is 27.3 Å². The highest BCUT2D eigenvalue weighted by Crippen LogP contribution is 2.31. The number of ether oxygens (including phenoxy) is 2. The van der Waals surface area contributed by atoms with Crippen LogP contribution in [0.3, 0.4) is 0 Å². The van der Waals surface area contributed by atoms with Crippen molar-refractivity contribution in [2.45, 2.75) is 32.0 Å². The molecule has 4 heterocycles. The van der Waals surface area contributed by atoms with Gasteiger partial charge in [-0.2, -0.15) is 5.10 Å². The lowest BCUT2D eigenvalue weighted by Crippen LogP contribution is -2.44. The molecule has 3 aromatic heterocycles. The number of fused-ring (bicyclic) bond motifs is 3. The lowest BCUT2D eigenvalue weighted by atomic mass is 10.1. The van der Waals surface area contributed by atoms with Crippen molar-refractivity contribution in [3.63, 3.8) is 0 Å². The first kappa shape index (κ1) is 27.8. The van der Waals surface area contributed by atoms with E-state index in [1.165, 1.54) is 11.7 Å². The molecule has 1 fully saturated rings. The van der Waals surface area contributed by atoms with E-state index in [-0.39, 0.29) is 23.8 Å². The van der Waals surface area contributed by atoms with Crippen molar-refractivity contribution in [3.8, 4) is 5.75 Å². The number of imidazole rings is 1. The van der Waals surface area contributed by atoms with Crippen LogP contribution in [0.25, 0.3) is 22.1 Å². The largest absolute Gasteiger partial charge is 0.497 e. The number of hydrogen-bond acceptors (Lipinski definition) is 8. The number of pyridine rings is 1. The zero-order chi connectivity index (χ0) is 29.5. The molecule has 42 heavy (non-hydrogen) atoms. The molecule has 0 spiro atoms. The number of halogens is 1. The van der Waals surface area contributed by atoms with Crippen LogP contribution in [0.2, 0.25) is 5.02 Å². The third-order valence-electron chi connectivity index (χ3n) is 7.84. The molecule has 0 radical (unpaired) electrons. The van der Waals surface area contributed by atoms with E-state index in [0.29, 0.717) is 46.1 Å². The van der Waals surface area contributed by atoms with E-state index in [1.54, 1.807) is 18.8 Å². The minimum atomic E-state index is -0.599. The summed E-state index contributed by atoms with van der Waals surface area (Å²) < 4.78 is 15.4. The Labute approximate surface area is 247 Å². The summed E-state index contributed by atoms with van der Waals surface area (Å²) >= 11 is 6.57. The van der Waals surface area contributed by atoms with Crippen molar-refractivity contribution in [3.05, 3.63) is 80.7 Å². The highest BCUT2D eigenvalue weighted by Gasteiger charge is 2.30. The molecule has 218 valence electrons. The third kappa shape index (κ3) is 4.78. The summed E-state index contributed by atoms with van der Waals surface area (Å²) in [6, 6.07) is 15.0. The summed E-state index contributed by atoms with van der Waals surface area (Å²) in [4.78, 5) is 34.4. The standard InChI is InChI=1S/C30H32ClN7O4/c1-35-25-24(34-38(27(25)29(40)42-3)15-18-10-12-21(41-2)13-11-18)23-26(28(35)39)37(16-19-7-4-5-9-22(19)31)30(33-23)36-14-6-8-20(32)17-36/h4-5,7,9-13,20H,6,8,14-17,32H2,1-3H3/t20-/m1/s1. The Morgan fingerprint density at radius 3 is 2.52 bits per heavy atom. The van der Waals surface area contributed by atoms with Crippen molar-refractivity contribution in [1.29, 1.82) is 0 Å². The molecule has 0 bridgehead atoms. The van der Waals surface area contributed by atoms with Crippen LogP contribution in [0.5, 0.6) is 5.75 Å². The number of piperidine rings is 1. The monoisotopic (exact) mass is 589 g/mol. The van der Waals surface area contributed by atoms with Gasteiger partial charge in [0.25, 0.3) is 5.56 Å². The Bertz CT molecular complexity index is 1860. The predicted molar refractivity (Wildman–Crippen MR) is 162 cm³/mol. The van der Waals surface area contributed by atoms with E-state index in [4.69, 9.17) is 36.9 Å². The van der Waals surface area contributed by atoms with Crippen LogP contribution >= 0.6 is 11.6 Å². The van der Waals surface area contributed by atoms with Crippen LogP contribution < -0.4 is 20.9 Å². The van der Waals surface area contributed by atoms with Gasteiger partial charge in [0.1, 0.15) is 27.8 Å². The van der Waals surface area contributed by atoms with E-state index in [1.807, 2.05) is 53.1 Å². The number of methoxy groups -OCH3 is 2. The summed E-state index contributed by atoms with van der Waals surface area (Å²) in [7, 11) is 4.55. The molecule has 2 aromatic carbocycles. The molecular formula is C30H32ClN7O4. The van der Waals surface area contributed by atoms with Crippen LogP contribution in [0, 0.1) is 0 Å². The fraction of sp³-hybridized carbons (Fsp3) is 0.333. The van der Waals surface area contributed by atoms with Crippen molar-refractivity contribution in [1.82, 2.24) is 23.9 Å². The quantitative estimate of drug-likeness (QED) is 0.286. The number of benzene rings is 2. The Balaban J connectivity index is 1.61. The van der Waals surface area contributed by atoms with Gasteiger partial charge in [-0.15, -0.1) is 0 Å². The van der Waals surface area contributed by atoms with E-state index in [0.717, 1.165) is 36.3 Å². The first-order valence-electron chi connectivity index (χ1n) is 13.8.